The van der Waals surface area contributed by atoms with Gasteiger partial charge in [-0.3, -0.25) is 0 Å². The van der Waals surface area contributed by atoms with Crippen molar-refractivity contribution in [3.63, 3.8) is 0 Å². The summed E-state index contributed by atoms with van der Waals surface area (Å²) in [6.07, 6.45) is -0.157. The third kappa shape index (κ3) is 7.33. The number of ether oxygens (including phenoxy) is 1. The Morgan fingerprint density at radius 3 is 2.47 bits per heavy atom. The molecular weight excluding hydrogens is 406 g/mol. The average molecular weight is 436 g/mol. The molecule has 0 aliphatic heterocycles. The van der Waals surface area contributed by atoms with E-state index in [1.54, 1.807) is 19.1 Å². The molecule has 2 aromatic carbocycles. The molecule has 0 bridgehead atoms. The van der Waals surface area contributed by atoms with Crippen molar-refractivity contribution in [3.05, 3.63) is 59.7 Å². The lowest BCUT2D eigenvalue weighted by atomic mass is 10.1. The van der Waals surface area contributed by atoms with E-state index in [1.165, 1.54) is 17.0 Å². The summed E-state index contributed by atoms with van der Waals surface area (Å²) in [5.41, 5.74) is 1.72. The standard InChI is InChI=1S/C21H29N3O5S/c1-3-29-20-7-5-4-6-18(20)15-24(14-16(2)25)21(26)23-13-12-17-8-10-19(11-9-17)30(22,27)28/h4-11,16,25H,3,12-15H2,1-2H3,(H,23,26)(H2,22,27,28). The summed E-state index contributed by atoms with van der Waals surface area (Å²) in [6, 6.07) is 13.4. The van der Waals surface area contributed by atoms with E-state index in [4.69, 9.17) is 9.88 Å². The molecule has 30 heavy (non-hydrogen) atoms. The number of sulfonamides is 1. The van der Waals surface area contributed by atoms with Crippen molar-refractivity contribution in [2.45, 2.75) is 37.8 Å². The number of aliphatic hydroxyl groups excluding tert-OH is 1. The second-order valence-electron chi connectivity index (χ2n) is 6.94. The van der Waals surface area contributed by atoms with Crippen LogP contribution in [0.4, 0.5) is 4.79 Å². The topological polar surface area (TPSA) is 122 Å². The van der Waals surface area contributed by atoms with Gasteiger partial charge in [0.15, 0.2) is 0 Å². The molecule has 164 valence electrons. The van der Waals surface area contributed by atoms with Gasteiger partial charge in [-0.15, -0.1) is 0 Å². The zero-order valence-electron chi connectivity index (χ0n) is 17.2. The van der Waals surface area contributed by atoms with Gasteiger partial charge in [-0.05, 0) is 44.0 Å². The fraction of sp³-hybridized carbons (Fsp3) is 0.381. The molecule has 9 heteroatoms. The van der Waals surface area contributed by atoms with E-state index in [0.717, 1.165) is 11.1 Å². The summed E-state index contributed by atoms with van der Waals surface area (Å²) in [7, 11) is -3.72. The molecule has 1 atom stereocenters. The van der Waals surface area contributed by atoms with E-state index in [1.807, 2.05) is 31.2 Å². The first-order valence-electron chi connectivity index (χ1n) is 9.74. The maximum absolute atomic E-state index is 12.7. The number of urea groups is 1. The van der Waals surface area contributed by atoms with Crippen LogP contribution in [0.2, 0.25) is 0 Å². The van der Waals surface area contributed by atoms with Gasteiger partial charge in [0.2, 0.25) is 10.0 Å². The zero-order chi connectivity index (χ0) is 22.1. The van der Waals surface area contributed by atoms with Crippen molar-refractivity contribution >= 4 is 16.1 Å². The quantitative estimate of drug-likeness (QED) is 0.526. The normalized spacial score (nSPS) is 12.3. The number of nitrogens with zero attached hydrogens (tertiary/aromatic N) is 1. The van der Waals surface area contributed by atoms with Crippen LogP contribution in [-0.2, 0) is 23.0 Å². The largest absolute Gasteiger partial charge is 0.494 e. The van der Waals surface area contributed by atoms with E-state index in [0.29, 0.717) is 31.9 Å². The van der Waals surface area contributed by atoms with Gasteiger partial charge in [-0.1, -0.05) is 30.3 Å². The van der Waals surface area contributed by atoms with Crippen molar-refractivity contribution in [3.8, 4) is 5.75 Å². The number of aliphatic hydroxyl groups is 1. The second kappa shape index (κ2) is 11.0. The number of nitrogens with two attached hydrogens (primary N) is 1. The number of benzene rings is 2. The van der Waals surface area contributed by atoms with Gasteiger partial charge in [0.1, 0.15) is 5.75 Å². The van der Waals surface area contributed by atoms with Crippen LogP contribution in [0.15, 0.2) is 53.4 Å². The SMILES string of the molecule is CCOc1ccccc1CN(CC(C)O)C(=O)NCCc1ccc(S(N)(=O)=O)cc1. The predicted molar refractivity (Wildman–Crippen MR) is 115 cm³/mol. The van der Waals surface area contributed by atoms with E-state index in [-0.39, 0.29) is 17.5 Å². The number of para-hydroxylation sites is 1. The van der Waals surface area contributed by atoms with Gasteiger partial charge < -0.3 is 20.1 Å². The summed E-state index contributed by atoms with van der Waals surface area (Å²) in [5.74, 6) is 0.707. The van der Waals surface area contributed by atoms with Crippen LogP contribution in [-0.4, -0.2) is 50.3 Å². The van der Waals surface area contributed by atoms with Crippen molar-refractivity contribution in [2.75, 3.05) is 19.7 Å². The highest BCUT2D eigenvalue weighted by atomic mass is 32.2. The fourth-order valence-corrected chi connectivity index (χ4v) is 3.46. The number of nitrogens with one attached hydrogen (secondary N) is 1. The Bertz CT molecular complexity index is 930. The van der Waals surface area contributed by atoms with E-state index < -0.39 is 16.1 Å². The van der Waals surface area contributed by atoms with E-state index in [9.17, 15) is 18.3 Å². The maximum Gasteiger partial charge on any atom is 0.317 e. The molecule has 4 N–H and O–H groups in total. The molecule has 0 saturated heterocycles. The number of primary sulfonamides is 1. The van der Waals surface area contributed by atoms with Crippen molar-refractivity contribution < 1.29 is 23.1 Å². The van der Waals surface area contributed by atoms with Gasteiger partial charge in [0.25, 0.3) is 0 Å². The molecule has 0 aliphatic carbocycles. The maximum atomic E-state index is 12.7. The molecule has 0 aliphatic rings. The van der Waals surface area contributed by atoms with Crippen molar-refractivity contribution in [1.29, 1.82) is 0 Å². The molecule has 2 rings (SSSR count). The molecule has 0 aromatic heterocycles. The smallest absolute Gasteiger partial charge is 0.317 e. The number of rotatable bonds is 10. The monoisotopic (exact) mass is 435 g/mol. The van der Waals surface area contributed by atoms with E-state index in [2.05, 4.69) is 5.32 Å². The van der Waals surface area contributed by atoms with Crippen LogP contribution in [0, 0.1) is 0 Å². The number of hydrogen-bond acceptors (Lipinski definition) is 5. The minimum Gasteiger partial charge on any atom is -0.494 e. The Morgan fingerprint density at radius 2 is 1.87 bits per heavy atom. The average Bonchev–Trinajstić information content (AvgIpc) is 2.68. The number of carbonyl (C=O) groups excluding carboxylic acids is 1. The molecule has 2 amide bonds. The van der Waals surface area contributed by atoms with Crippen LogP contribution in [0.3, 0.4) is 0 Å². The minimum atomic E-state index is -3.72. The highest BCUT2D eigenvalue weighted by Crippen LogP contribution is 2.20. The molecule has 8 nitrogen and oxygen atoms in total. The lowest BCUT2D eigenvalue weighted by molar-refractivity contribution is 0.129. The predicted octanol–water partition coefficient (Wildman–Crippen LogP) is 1.87. The highest BCUT2D eigenvalue weighted by Gasteiger charge is 2.17. The van der Waals surface area contributed by atoms with E-state index >= 15 is 0 Å². The third-order valence-electron chi connectivity index (χ3n) is 4.35. The highest BCUT2D eigenvalue weighted by molar-refractivity contribution is 7.89. The van der Waals surface area contributed by atoms with Crippen LogP contribution in [0.25, 0.3) is 0 Å². The molecular formula is C21H29N3O5S. The number of amides is 2. The first-order valence-corrected chi connectivity index (χ1v) is 11.3. The van der Waals surface area contributed by atoms with Crippen LogP contribution >= 0.6 is 0 Å². The Balaban J connectivity index is 1.98. The minimum absolute atomic E-state index is 0.0476. The lowest BCUT2D eigenvalue weighted by Gasteiger charge is -2.25. The summed E-state index contributed by atoms with van der Waals surface area (Å²) in [6.45, 7) is 4.88. The van der Waals surface area contributed by atoms with Crippen molar-refractivity contribution in [1.82, 2.24) is 10.2 Å². The van der Waals surface area contributed by atoms with Crippen molar-refractivity contribution in [2.24, 2.45) is 5.14 Å². The molecule has 2 aromatic rings. The summed E-state index contributed by atoms with van der Waals surface area (Å²) >= 11 is 0. The van der Waals surface area contributed by atoms with Crippen LogP contribution < -0.4 is 15.2 Å². The summed E-state index contributed by atoms with van der Waals surface area (Å²) in [4.78, 5) is 14.3. The molecule has 0 spiro atoms. The van der Waals surface area contributed by atoms with Gasteiger partial charge in [0.05, 0.1) is 24.2 Å². The fourth-order valence-electron chi connectivity index (χ4n) is 2.95. The number of carbonyl (C=O) groups is 1. The Morgan fingerprint density at radius 1 is 1.20 bits per heavy atom. The third-order valence-corrected chi connectivity index (χ3v) is 5.28. The molecule has 0 fully saturated rings. The number of hydrogen-bond donors (Lipinski definition) is 3. The van der Waals surface area contributed by atoms with Gasteiger partial charge in [-0.25, -0.2) is 18.4 Å². The van der Waals surface area contributed by atoms with Crippen LogP contribution in [0.5, 0.6) is 5.75 Å². The molecule has 0 radical (unpaired) electrons. The first-order chi connectivity index (χ1) is 14.2. The zero-order valence-corrected chi connectivity index (χ0v) is 18.1. The lowest BCUT2D eigenvalue weighted by Crippen LogP contribution is -2.43. The summed E-state index contributed by atoms with van der Waals surface area (Å²) in [5, 5.41) is 17.7. The Kier molecular flexibility index (Phi) is 8.64. The van der Waals surface area contributed by atoms with Crippen LogP contribution in [0.1, 0.15) is 25.0 Å². The molecule has 0 saturated carbocycles. The Labute approximate surface area is 177 Å². The molecule has 1 unspecified atom stereocenters. The first kappa shape index (κ1) is 23.7. The Hall–Kier alpha value is -2.62. The molecule has 0 heterocycles. The van der Waals surface area contributed by atoms with Gasteiger partial charge in [-0.2, -0.15) is 0 Å². The second-order valence-corrected chi connectivity index (χ2v) is 8.50. The van der Waals surface area contributed by atoms with Gasteiger partial charge >= 0.3 is 6.03 Å². The van der Waals surface area contributed by atoms with Gasteiger partial charge in [0, 0.05) is 18.7 Å². The summed E-state index contributed by atoms with van der Waals surface area (Å²) < 4.78 is 28.2.